The van der Waals surface area contributed by atoms with Crippen molar-refractivity contribution in [1.29, 1.82) is 0 Å². The Morgan fingerprint density at radius 2 is 1.80 bits per heavy atom. The Bertz CT molecular complexity index is 549. The molecule has 5 nitrogen and oxygen atoms in total. The lowest BCUT2D eigenvalue weighted by Gasteiger charge is -2.18. The van der Waals surface area contributed by atoms with Gasteiger partial charge in [0.05, 0.1) is 12.0 Å². The maximum atomic E-state index is 12.2. The molecule has 0 aliphatic heterocycles. The van der Waals surface area contributed by atoms with Crippen molar-refractivity contribution >= 4 is 16.0 Å². The fraction of sp³-hybridized carbons (Fsp3) is 0.500. The Balaban J connectivity index is 2.96. The fourth-order valence-corrected chi connectivity index (χ4v) is 2.98. The van der Waals surface area contributed by atoms with E-state index in [2.05, 4.69) is 9.46 Å². The van der Waals surface area contributed by atoms with Crippen LogP contribution in [0.25, 0.3) is 0 Å². The van der Waals surface area contributed by atoms with Gasteiger partial charge in [-0.2, -0.15) is 4.72 Å². The minimum absolute atomic E-state index is 0.140. The molecule has 0 aromatic heterocycles. The lowest BCUT2D eigenvalue weighted by atomic mass is 10.1. The Kier molecular flexibility index (Phi) is 5.71. The highest BCUT2D eigenvalue weighted by Crippen LogP contribution is 2.13. The zero-order chi connectivity index (χ0) is 15.3. The Morgan fingerprint density at radius 3 is 2.25 bits per heavy atom. The van der Waals surface area contributed by atoms with Crippen molar-refractivity contribution in [3.05, 3.63) is 29.8 Å². The lowest BCUT2D eigenvalue weighted by molar-refractivity contribution is -0.143. The number of nitrogens with one attached hydrogen (secondary N) is 1. The van der Waals surface area contributed by atoms with Gasteiger partial charge in [0.25, 0.3) is 0 Å². The van der Waals surface area contributed by atoms with Crippen LogP contribution in [0, 0.1) is 12.8 Å². The minimum atomic E-state index is -3.73. The van der Waals surface area contributed by atoms with Crippen LogP contribution in [0.15, 0.2) is 29.2 Å². The summed E-state index contributed by atoms with van der Waals surface area (Å²) in [6.07, 6.45) is 0.387. The van der Waals surface area contributed by atoms with Crippen molar-refractivity contribution in [2.75, 3.05) is 7.11 Å². The minimum Gasteiger partial charge on any atom is -0.468 e. The van der Waals surface area contributed by atoms with Crippen molar-refractivity contribution in [2.45, 2.75) is 38.1 Å². The molecule has 112 valence electrons. The first kappa shape index (κ1) is 16.7. The summed E-state index contributed by atoms with van der Waals surface area (Å²) in [6, 6.07) is 5.59. The van der Waals surface area contributed by atoms with E-state index in [-0.39, 0.29) is 10.8 Å². The number of esters is 1. The van der Waals surface area contributed by atoms with E-state index >= 15 is 0 Å². The molecular formula is C14H21NO4S. The number of benzene rings is 1. The third kappa shape index (κ3) is 4.61. The number of carbonyl (C=O) groups excluding carboxylic acids is 1. The van der Waals surface area contributed by atoms with Gasteiger partial charge in [-0.25, -0.2) is 8.42 Å². The second-order valence-electron chi connectivity index (χ2n) is 5.14. The molecule has 1 unspecified atom stereocenters. The molecule has 0 bridgehead atoms. The molecule has 0 aliphatic rings. The zero-order valence-electron chi connectivity index (χ0n) is 12.2. The number of carbonyl (C=O) groups is 1. The monoisotopic (exact) mass is 299 g/mol. The second kappa shape index (κ2) is 6.85. The standard InChI is InChI=1S/C14H21NO4S/c1-10(2)9-13(14(16)19-4)15-20(17,18)12-7-5-11(3)6-8-12/h5-8,10,13,15H,9H2,1-4H3. The van der Waals surface area contributed by atoms with Crippen molar-refractivity contribution in [3.8, 4) is 0 Å². The van der Waals surface area contributed by atoms with E-state index in [9.17, 15) is 13.2 Å². The van der Waals surface area contributed by atoms with Gasteiger partial charge >= 0.3 is 5.97 Å². The van der Waals surface area contributed by atoms with Gasteiger partial charge in [0, 0.05) is 0 Å². The van der Waals surface area contributed by atoms with E-state index in [4.69, 9.17) is 0 Å². The first-order valence-electron chi connectivity index (χ1n) is 6.43. The lowest BCUT2D eigenvalue weighted by Crippen LogP contribution is -2.42. The molecule has 0 heterocycles. The molecule has 0 aliphatic carbocycles. The fourth-order valence-electron chi connectivity index (χ4n) is 1.78. The van der Waals surface area contributed by atoms with E-state index in [1.54, 1.807) is 12.1 Å². The highest BCUT2D eigenvalue weighted by atomic mass is 32.2. The number of methoxy groups -OCH3 is 1. The van der Waals surface area contributed by atoms with E-state index in [0.29, 0.717) is 6.42 Å². The van der Waals surface area contributed by atoms with E-state index in [0.717, 1.165) is 5.56 Å². The summed E-state index contributed by atoms with van der Waals surface area (Å²) in [4.78, 5) is 11.8. The molecule has 0 saturated carbocycles. The van der Waals surface area contributed by atoms with Gasteiger partial charge in [-0.05, 0) is 31.4 Å². The van der Waals surface area contributed by atoms with E-state index in [1.807, 2.05) is 20.8 Å². The van der Waals surface area contributed by atoms with Crippen LogP contribution in [-0.4, -0.2) is 27.5 Å². The number of rotatable bonds is 6. The smallest absolute Gasteiger partial charge is 0.323 e. The largest absolute Gasteiger partial charge is 0.468 e. The Hall–Kier alpha value is -1.40. The van der Waals surface area contributed by atoms with Crippen LogP contribution in [0.5, 0.6) is 0 Å². The Labute approximate surface area is 120 Å². The molecule has 0 spiro atoms. The number of hydrogen-bond donors (Lipinski definition) is 1. The number of sulfonamides is 1. The predicted molar refractivity (Wildman–Crippen MR) is 76.8 cm³/mol. The third-order valence-electron chi connectivity index (χ3n) is 2.82. The van der Waals surface area contributed by atoms with Gasteiger partial charge in [-0.1, -0.05) is 31.5 Å². The molecule has 0 amide bonds. The third-order valence-corrected chi connectivity index (χ3v) is 4.31. The van der Waals surface area contributed by atoms with Gasteiger partial charge in [0.15, 0.2) is 0 Å². The summed E-state index contributed by atoms with van der Waals surface area (Å²) in [7, 11) is -2.48. The van der Waals surface area contributed by atoms with Gasteiger partial charge in [0.2, 0.25) is 10.0 Å². The summed E-state index contributed by atoms with van der Waals surface area (Å²) < 4.78 is 31.5. The highest BCUT2D eigenvalue weighted by Gasteiger charge is 2.26. The van der Waals surface area contributed by atoms with Crippen LogP contribution in [0.3, 0.4) is 0 Å². The topological polar surface area (TPSA) is 72.5 Å². The van der Waals surface area contributed by atoms with Crippen molar-refractivity contribution < 1.29 is 17.9 Å². The summed E-state index contributed by atoms with van der Waals surface area (Å²) in [5.41, 5.74) is 0.968. The van der Waals surface area contributed by atoms with Gasteiger partial charge in [-0.3, -0.25) is 4.79 Å². The molecule has 6 heteroatoms. The quantitative estimate of drug-likeness (QED) is 0.814. The summed E-state index contributed by atoms with van der Waals surface area (Å²) >= 11 is 0. The summed E-state index contributed by atoms with van der Waals surface area (Å²) in [5, 5.41) is 0. The first-order valence-corrected chi connectivity index (χ1v) is 7.91. The van der Waals surface area contributed by atoms with Crippen LogP contribution in [-0.2, 0) is 19.6 Å². The molecule has 20 heavy (non-hydrogen) atoms. The molecule has 1 aromatic carbocycles. The zero-order valence-corrected chi connectivity index (χ0v) is 13.0. The van der Waals surface area contributed by atoms with Gasteiger partial charge < -0.3 is 4.74 Å². The van der Waals surface area contributed by atoms with Crippen LogP contribution in [0.1, 0.15) is 25.8 Å². The molecule has 0 radical (unpaired) electrons. The highest BCUT2D eigenvalue weighted by molar-refractivity contribution is 7.89. The average Bonchev–Trinajstić information content (AvgIpc) is 2.36. The van der Waals surface area contributed by atoms with Crippen molar-refractivity contribution in [1.82, 2.24) is 4.72 Å². The maximum absolute atomic E-state index is 12.2. The SMILES string of the molecule is COC(=O)C(CC(C)C)NS(=O)(=O)c1ccc(C)cc1. The average molecular weight is 299 g/mol. The van der Waals surface area contributed by atoms with Crippen LogP contribution < -0.4 is 4.72 Å². The van der Waals surface area contributed by atoms with Crippen molar-refractivity contribution in [3.63, 3.8) is 0 Å². The van der Waals surface area contributed by atoms with Gasteiger partial charge in [0.1, 0.15) is 6.04 Å². The maximum Gasteiger partial charge on any atom is 0.323 e. The molecule has 1 atom stereocenters. The number of aryl methyl sites for hydroxylation is 1. The normalized spacial score (nSPS) is 13.2. The molecule has 1 aromatic rings. The second-order valence-corrected chi connectivity index (χ2v) is 6.85. The van der Waals surface area contributed by atoms with Crippen LogP contribution in [0.2, 0.25) is 0 Å². The van der Waals surface area contributed by atoms with E-state index in [1.165, 1.54) is 19.2 Å². The van der Waals surface area contributed by atoms with Crippen LogP contribution in [0.4, 0.5) is 0 Å². The number of hydrogen-bond acceptors (Lipinski definition) is 4. The molecule has 1 N–H and O–H groups in total. The molecule has 1 rings (SSSR count). The molecular weight excluding hydrogens is 278 g/mol. The van der Waals surface area contributed by atoms with E-state index < -0.39 is 22.0 Å². The Morgan fingerprint density at radius 1 is 1.25 bits per heavy atom. The van der Waals surface area contributed by atoms with Gasteiger partial charge in [-0.15, -0.1) is 0 Å². The van der Waals surface area contributed by atoms with Crippen molar-refractivity contribution in [2.24, 2.45) is 5.92 Å². The molecule has 0 saturated heterocycles. The summed E-state index contributed by atoms with van der Waals surface area (Å²) in [5.74, 6) is -0.408. The molecule has 0 fully saturated rings. The summed E-state index contributed by atoms with van der Waals surface area (Å²) in [6.45, 7) is 5.70. The predicted octanol–water partition coefficient (Wildman–Crippen LogP) is 1.86. The van der Waals surface area contributed by atoms with Crippen LogP contribution >= 0.6 is 0 Å². The first-order chi connectivity index (χ1) is 9.26. The number of ether oxygens (including phenoxy) is 1.